The first-order valence-corrected chi connectivity index (χ1v) is 6.33. The van der Waals surface area contributed by atoms with Gasteiger partial charge in [0.1, 0.15) is 0 Å². The molecule has 1 aliphatic rings. The molecular weight excluding hydrogens is 226 g/mol. The molecular formula is C15H19NO2. The molecule has 1 aromatic rings. The van der Waals surface area contributed by atoms with Gasteiger partial charge in [0.15, 0.2) is 0 Å². The molecule has 3 heteroatoms. The minimum atomic E-state index is -0.712. The lowest BCUT2D eigenvalue weighted by Gasteiger charge is -2.26. The summed E-state index contributed by atoms with van der Waals surface area (Å²) in [5, 5.41) is 9.29. The van der Waals surface area contributed by atoms with E-state index >= 15 is 0 Å². The van der Waals surface area contributed by atoms with Crippen LogP contribution in [0.4, 0.5) is 0 Å². The van der Waals surface area contributed by atoms with Crippen molar-refractivity contribution in [3.05, 3.63) is 47.5 Å². The average Bonchev–Trinajstić information content (AvgIpc) is 2.39. The summed E-state index contributed by atoms with van der Waals surface area (Å²) in [6, 6.07) is 7.98. The van der Waals surface area contributed by atoms with Crippen LogP contribution >= 0.6 is 0 Å². The molecule has 0 heterocycles. The number of rotatable bonds is 3. The van der Waals surface area contributed by atoms with E-state index in [9.17, 15) is 9.90 Å². The van der Waals surface area contributed by atoms with Crippen LogP contribution in [-0.4, -0.2) is 11.1 Å². The molecule has 3 nitrogen and oxygen atoms in total. The number of hydrogen-bond donors (Lipinski definition) is 2. The first kappa shape index (κ1) is 12.8. The van der Waals surface area contributed by atoms with Crippen molar-refractivity contribution in [1.29, 1.82) is 0 Å². The van der Waals surface area contributed by atoms with E-state index in [4.69, 9.17) is 5.73 Å². The molecule has 0 saturated heterocycles. The zero-order chi connectivity index (χ0) is 13.1. The van der Waals surface area contributed by atoms with Gasteiger partial charge in [0.25, 0.3) is 0 Å². The van der Waals surface area contributed by atoms with Gasteiger partial charge in [0.2, 0.25) is 0 Å². The molecule has 1 unspecified atom stereocenters. The van der Waals surface area contributed by atoms with Crippen LogP contribution in [0.15, 0.2) is 36.4 Å². The van der Waals surface area contributed by atoms with Crippen molar-refractivity contribution >= 4 is 5.97 Å². The summed E-state index contributed by atoms with van der Waals surface area (Å²) in [5.74, 6) is -0.972. The highest BCUT2D eigenvalue weighted by Crippen LogP contribution is 2.35. The van der Waals surface area contributed by atoms with Gasteiger partial charge in [-0.3, -0.25) is 4.79 Å². The molecule has 0 amide bonds. The molecule has 18 heavy (non-hydrogen) atoms. The number of nitrogens with two attached hydrogens (primary N) is 1. The van der Waals surface area contributed by atoms with E-state index in [1.165, 1.54) is 0 Å². The fourth-order valence-electron chi connectivity index (χ4n) is 2.53. The van der Waals surface area contributed by atoms with Crippen molar-refractivity contribution < 1.29 is 9.90 Å². The average molecular weight is 245 g/mol. The zero-order valence-corrected chi connectivity index (χ0v) is 10.5. The highest BCUT2D eigenvalue weighted by molar-refractivity contribution is 5.72. The maximum absolute atomic E-state index is 11.3. The smallest absolute Gasteiger partial charge is 0.307 e. The highest BCUT2D eigenvalue weighted by atomic mass is 16.4. The third kappa shape index (κ3) is 2.62. The number of carbonyl (C=O) groups is 1. The molecule has 0 bridgehead atoms. The number of aliphatic carboxylic acids is 1. The molecule has 0 saturated carbocycles. The van der Waals surface area contributed by atoms with Crippen LogP contribution in [0.2, 0.25) is 0 Å². The van der Waals surface area contributed by atoms with Gasteiger partial charge in [-0.05, 0) is 30.9 Å². The molecule has 0 aliphatic heterocycles. The largest absolute Gasteiger partial charge is 0.481 e. The van der Waals surface area contributed by atoms with Crippen LogP contribution in [0.25, 0.3) is 0 Å². The van der Waals surface area contributed by atoms with Crippen LogP contribution < -0.4 is 5.73 Å². The number of carboxylic acid groups (broad SMARTS) is 1. The predicted molar refractivity (Wildman–Crippen MR) is 71.3 cm³/mol. The van der Waals surface area contributed by atoms with E-state index in [1.54, 1.807) is 0 Å². The number of hydrogen-bond acceptors (Lipinski definition) is 2. The Bertz CT molecular complexity index is 465. The van der Waals surface area contributed by atoms with Crippen molar-refractivity contribution in [3.63, 3.8) is 0 Å². The van der Waals surface area contributed by atoms with Gasteiger partial charge in [-0.25, -0.2) is 0 Å². The van der Waals surface area contributed by atoms with E-state index in [1.807, 2.05) is 37.3 Å². The summed E-state index contributed by atoms with van der Waals surface area (Å²) in [6.07, 6.45) is 5.44. The quantitative estimate of drug-likeness (QED) is 0.805. The van der Waals surface area contributed by atoms with Crippen LogP contribution in [0, 0.1) is 5.92 Å². The third-order valence-electron chi connectivity index (χ3n) is 3.61. The van der Waals surface area contributed by atoms with Crippen LogP contribution in [0.3, 0.4) is 0 Å². The maximum Gasteiger partial charge on any atom is 0.307 e. The van der Waals surface area contributed by atoms with Crippen molar-refractivity contribution in [2.75, 3.05) is 0 Å². The van der Waals surface area contributed by atoms with Crippen molar-refractivity contribution in [2.45, 2.75) is 31.7 Å². The molecule has 0 fully saturated rings. The Morgan fingerprint density at radius 1 is 1.39 bits per heavy atom. The Balaban J connectivity index is 2.31. The molecule has 3 N–H and O–H groups in total. The van der Waals surface area contributed by atoms with Gasteiger partial charge in [-0.1, -0.05) is 36.4 Å². The fraction of sp³-hybridized carbons (Fsp3) is 0.400. The Morgan fingerprint density at radius 3 is 2.78 bits per heavy atom. The molecule has 1 aromatic carbocycles. The second-order valence-electron chi connectivity index (χ2n) is 4.95. The summed E-state index contributed by atoms with van der Waals surface area (Å²) < 4.78 is 0. The van der Waals surface area contributed by atoms with E-state index in [0.29, 0.717) is 6.42 Å². The summed E-state index contributed by atoms with van der Waals surface area (Å²) in [4.78, 5) is 11.3. The van der Waals surface area contributed by atoms with E-state index in [2.05, 4.69) is 6.08 Å². The third-order valence-corrected chi connectivity index (χ3v) is 3.61. The molecule has 3 atom stereocenters. The SMILES string of the molecule is C[C@@H](N)c1cccc(C2CC=CC[C@H]2C(=O)O)c1. The summed E-state index contributed by atoms with van der Waals surface area (Å²) in [7, 11) is 0. The Kier molecular flexibility index (Phi) is 3.82. The molecule has 0 radical (unpaired) electrons. The highest BCUT2D eigenvalue weighted by Gasteiger charge is 2.29. The standard InChI is InChI=1S/C15H19NO2/c1-10(16)11-5-4-6-12(9-11)13-7-2-3-8-14(13)15(17)18/h2-6,9-10,13-14H,7-8,16H2,1H3,(H,17,18)/t10-,13?,14-/m1/s1. The summed E-state index contributed by atoms with van der Waals surface area (Å²) in [5.41, 5.74) is 8.02. The molecule has 1 aliphatic carbocycles. The van der Waals surface area contributed by atoms with Crippen LogP contribution in [0.5, 0.6) is 0 Å². The second kappa shape index (κ2) is 5.36. The second-order valence-corrected chi connectivity index (χ2v) is 4.95. The minimum absolute atomic E-state index is 0.0210. The van der Waals surface area contributed by atoms with Gasteiger partial charge in [-0.15, -0.1) is 0 Å². The summed E-state index contributed by atoms with van der Waals surface area (Å²) in [6.45, 7) is 1.94. The molecule has 96 valence electrons. The Labute approximate surface area is 107 Å². The normalized spacial score (nSPS) is 24.8. The lowest BCUT2D eigenvalue weighted by molar-refractivity contribution is -0.142. The monoisotopic (exact) mass is 245 g/mol. The predicted octanol–water partition coefficient (Wildman–Crippen LogP) is 2.84. The lowest BCUT2D eigenvalue weighted by Crippen LogP contribution is -2.23. The van der Waals surface area contributed by atoms with Gasteiger partial charge in [0.05, 0.1) is 5.92 Å². The van der Waals surface area contributed by atoms with Crippen LogP contribution in [0.1, 0.15) is 42.9 Å². The number of allylic oxidation sites excluding steroid dienone is 2. The fourth-order valence-corrected chi connectivity index (χ4v) is 2.53. The topological polar surface area (TPSA) is 63.3 Å². The molecule has 0 aromatic heterocycles. The minimum Gasteiger partial charge on any atom is -0.481 e. The van der Waals surface area contributed by atoms with Crippen molar-refractivity contribution in [1.82, 2.24) is 0 Å². The number of benzene rings is 1. The van der Waals surface area contributed by atoms with E-state index in [0.717, 1.165) is 17.5 Å². The first-order chi connectivity index (χ1) is 8.59. The van der Waals surface area contributed by atoms with E-state index < -0.39 is 5.97 Å². The van der Waals surface area contributed by atoms with Gasteiger partial charge < -0.3 is 10.8 Å². The Morgan fingerprint density at radius 2 is 2.11 bits per heavy atom. The molecule has 2 rings (SSSR count). The first-order valence-electron chi connectivity index (χ1n) is 6.33. The van der Waals surface area contributed by atoms with Crippen molar-refractivity contribution in [3.8, 4) is 0 Å². The summed E-state index contributed by atoms with van der Waals surface area (Å²) >= 11 is 0. The Hall–Kier alpha value is -1.61. The van der Waals surface area contributed by atoms with Crippen molar-refractivity contribution in [2.24, 2.45) is 11.7 Å². The van der Waals surface area contributed by atoms with E-state index in [-0.39, 0.29) is 17.9 Å². The molecule has 0 spiro atoms. The van der Waals surface area contributed by atoms with Gasteiger partial charge in [-0.2, -0.15) is 0 Å². The van der Waals surface area contributed by atoms with Gasteiger partial charge >= 0.3 is 5.97 Å². The van der Waals surface area contributed by atoms with Crippen LogP contribution in [-0.2, 0) is 4.79 Å². The lowest BCUT2D eigenvalue weighted by atomic mass is 9.78. The van der Waals surface area contributed by atoms with Gasteiger partial charge in [0, 0.05) is 12.0 Å². The zero-order valence-electron chi connectivity index (χ0n) is 10.5. The maximum atomic E-state index is 11.3. The number of carboxylic acids is 1.